The van der Waals surface area contributed by atoms with E-state index >= 15 is 0 Å². The summed E-state index contributed by atoms with van der Waals surface area (Å²) >= 11 is 0. The zero-order chi connectivity index (χ0) is 11.5. The first kappa shape index (κ1) is 11.9. The van der Waals surface area contributed by atoms with Gasteiger partial charge in [0.25, 0.3) is 0 Å². The van der Waals surface area contributed by atoms with Crippen LogP contribution < -0.4 is 11.5 Å². The molecule has 0 amide bonds. The number of hydrogen-bond donors (Lipinski definition) is 2. The largest absolute Gasteiger partial charge is 0.399 e. The van der Waals surface area contributed by atoms with Crippen molar-refractivity contribution in [3.05, 3.63) is 23.8 Å². The molecule has 15 heavy (non-hydrogen) atoms. The number of benzene rings is 1. The van der Waals surface area contributed by atoms with Crippen molar-refractivity contribution < 1.29 is 0 Å². The first-order valence-electron chi connectivity index (χ1n) is 5.63. The summed E-state index contributed by atoms with van der Waals surface area (Å²) in [4.78, 5) is 0. The molecule has 0 saturated heterocycles. The van der Waals surface area contributed by atoms with Gasteiger partial charge in [0.2, 0.25) is 0 Å². The Balaban J connectivity index is 2.97. The van der Waals surface area contributed by atoms with Crippen molar-refractivity contribution in [1.82, 2.24) is 0 Å². The topological polar surface area (TPSA) is 52.0 Å². The highest BCUT2D eigenvalue weighted by atomic mass is 14.6. The Morgan fingerprint density at radius 1 is 1.20 bits per heavy atom. The average Bonchev–Trinajstić information content (AvgIpc) is 2.18. The molecule has 4 N–H and O–H groups in total. The van der Waals surface area contributed by atoms with E-state index in [9.17, 15) is 0 Å². The Hall–Kier alpha value is -1.18. The van der Waals surface area contributed by atoms with Crippen molar-refractivity contribution in [1.29, 1.82) is 0 Å². The third-order valence-electron chi connectivity index (χ3n) is 2.96. The fourth-order valence-corrected chi connectivity index (χ4v) is 1.91. The van der Waals surface area contributed by atoms with Crippen LogP contribution in [0.1, 0.15) is 45.6 Å². The molecule has 0 aliphatic carbocycles. The van der Waals surface area contributed by atoms with Crippen molar-refractivity contribution in [2.24, 2.45) is 0 Å². The van der Waals surface area contributed by atoms with Gasteiger partial charge in [0.05, 0.1) is 0 Å². The third-order valence-corrected chi connectivity index (χ3v) is 2.96. The highest BCUT2D eigenvalue weighted by molar-refractivity contribution is 5.57. The molecular formula is C13H22N2. The minimum atomic E-state index is 0.121. The molecule has 0 heterocycles. The van der Waals surface area contributed by atoms with E-state index in [-0.39, 0.29) is 5.41 Å². The molecule has 0 fully saturated rings. The summed E-state index contributed by atoms with van der Waals surface area (Å²) in [5, 5.41) is 0. The van der Waals surface area contributed by atoms with Crippen LogP contribution in [0.25, 0.3) is 0 Å². The summed E-state index contributed by atoms with van der Waals surface area (Å²) in [6.07, 6.45) is 3.59. The molecule has 0 aliphatic heterocycles. The Morgan fingerprint density at radius 3 is 2.47 bits per heavy atom. The van der Waals surface area contributed by atoms with E-state index < -0.39 is 0 Å². The summed E-state index contributed by atoms with van der Waals surface area (Å²) in [5.74, 6) is 0. The fraction of sp³-hybridized carbons (Fsp3) is 0.538. The summed E-state index contributed by atoms with van der Waals surface area (Å²) in [5.41, 5.74) is 14.7. The maximum absolute atomic E-state index is 5.99. The Labute approximate surface area is 92.7 Å². The average molecular weight is 206 g/mol. The van der Waals surface area contributed by atoms with Crippen LogP contribution in [0.2, 0.25) is 0 Å². The van der Waals surface area contributed by atoms with Crippen molar-refractivity contribution in [3.63, 3.8) is 0 Å². The molecule has 1 aromatic carbocycles. The lowest BCUT2D eigenvalue weighted by Gasteiger charge is -2.27. The number of nitrogens with two attached hydrogens (primary N) is 2. The van der Waals surface area contributed by atoms with Crippen LogP contribution in [0.4, 0.5) is 11.4 Å². The minimum absolute atomic E-state index is 0.121. The maximum Gasteiger partial charge on any atom is 0.0353 e. The molecule has 84 valence electrons. The highest BCUT2D eigenvalue weighted by Crippen LogP contribution is 2.34. The Morgan fingerprint density at radius 2 is 1.87 bits per heavy atom. The number of nitrogen functional groups attached to an aromatic ring is 2. The Bertz CT molecular complexity index is 329. The summed E-state index contributed by atoms with van der Waals surface area (Å²) < 4.78 is 0. The number of hydrogen-bond acceptors (Lipinski definition) is 2. The maximum atomic E-state index is 5.99. The van der Waals surface area contributed by atoms with Gasteiger partial charge in [-0.25, -0.2) is 0 Å². The van der Waals surface area contributed by atoms with E-state index in [0.717, 1.165) is 17.8 Å². The number of rotatable bonds is 4. The van der Waals surface area contributed by atoms with Gasteiger partial charge in [-0.3, -0.25) is 0 Å². The molecule has 2 nitrogen and oxygen atoms in total. The van der Waals surface area contributed by atoms with Gasteiger partial charge in [0.1, 0.15) is 0 Å². The fourth-order valence-electron chi connectivity index (χ4n) is 1.91. The number of anilines is 2. The van der Waals surface area contributed by atoms with E-state index in [2.05, 4.69) is 20.8 Å². The zero-order valence-electron chi connectivity index (χ0n) is 10.0. The van der Waals surface area contributed by atoms with Crippen LogP contribution in [0.3, 0.4) is 0 Å². The molecule has 2 heteroatoms. The van der Waals surface area contributed by atoms with E-state index in [4.69, 9.17) is 11.5 Å². The molecule has 0 aromatic heterocycles. The standard InChI is InChI=1S/C13H22N2/c1-4-5-8-13(2,3)11-9-10(14)6-7-12(11)15/h6-7,9H,4-5,8,14-15H2,1-3H3. The van der Waals surface area contributed by atoms with Gasteiger partial charge in [-0.2, -0.15) is 0 Å². The second-order valence-electron chi connectivity index (χ2n) is 4.83. The van der Waals surface area contributed by atoms with Gasteiger partial charge in [0, 0.05) is 11.4 Å². The summed E-state index contributed by atoms with van der Waals surface area (Å²) in [6, 6.07) is 5.76. The van der Waals surface area contributed by atoms with Gasteiger partial charge in [-0.05, 0) is 35.6 Å². The molecule has 1 rings (SSSR count). The van der Waals surface area contributed by atoms with Crippen LogP contribution >= 0.6 is 0 Å². The predicted molar refractivity (Wildman–Crippen MR) is 67.8 cm³/mol. The molecule has 0 spiro atoms. The quantitative estimate of drug-likeness (QED) is 0.742. The van der Waals surface area contributed by atoms with Gasteiger partial charge in [-0.15, -0.1) is 0 Å². The monoisotopic (exact) mass is 206 g/mol. The van der Waals surface area contributed by atoms with Crippen LogP contribution in [0.15, 0.2) is 18.2 Å². The molecular weight excluding hydrogens is 184 g/mol. The molecule has 0 unspecified atom stereocenters. The molecule has 0 radical (unpaired) electrons. The molecule has 0 atom stereocenters. The van der Waals surface area contributed by atoms with Crippen molar-refractivity contribution in [3.8, 4) is 0 Å². The second-order valence-corrected chi connectivity index (χ2v) is 4.83. The van der Waals surface area contributed by atoms with E-state index in [0.29, 0.717) is 0 Å². The summed E-state index contributed by atoms with van der Waals surface area (Å²) in [7, 11) is 0. The van der Waals surface area contributed by atoms with Crippen molar-refractivity contribution >= 4 is 11.4 Å². The van der Waals surface area contributed by atoms with Crippen molar-refractivity contribution in [2.75, 3.05) is 11.5 Å². The van der Waals surface area contributed by atoms with Crippen LogP contribution in [0, 0.1) is 0 Å². The molecule has 0 bridgehead atoms. The van der Waals surface area contributed by atoms with Gasteiger partial charge in [0.15, 0.2) is 0 Å². The van der Waals surface area contributed by atoms with Crippen molar-refractivity contribution in [2.45, 2.75) is 45.4 Å². The lowest BCUT2D eigenvalue weighted by molar-refractivity contribution is 0.459. The molecule has 0 aliphatic rings. The third kappa shape index (κ3) is 2.88. The molecule has 0 saturated carbocycles. The normalized spacial score (nSPS) is 11.7. The van der Waals surface area contributed by atoms with E-state index in [1.165, 1.54) is 18.4 Å². The van der Waals surface area contributed by atoms with Crippen LogP contribution in [0.5, 0.6) is 0 Å². The zero-order valence-corrected chi connectivity index (χ0v) is 10.0. The summed E-state index contributed by atoms with van der Waals surface area (Å²) in [6.45, 7) is 6.67. The smallest absolute Gasteiger partial charge is 0.0353 e. The van der Waals surface area contributed by atoms with E-state index in [1.54, 1.807) is 0 Å². The van der Waals surface area contributed by atoms with Gasteiger partial charge < -0.3 is 11.5 Å². The second kappa shape index (κ2) is 4.56. The first-order valence-corrected chi connectivity index (χ1v) is 5.63. The minimum Gasteiger partial charge on any atom is -0.399 e. The predicted octanol–water partition coefficient (Wildman–Crippen LogP) is 3.32. The Kier molecular flexibility index (Phi) is 3.61. The lowest BCUT2D eigenvalue weighted by atomic mass is 9.79. The highest BCUT2D eigenvalue weighted by Gasteiger charge is 2.22. The lowest BCUT2D eigenvalue weighted by Crippen LogP contribution is -2.19. The molecule has 1 aromatic rings. The first-order chi connectivity index (χ1) is 6.97. The van der Waals surface area contributed by atoms with Gasteiger partial charge in [-0.1, -0.05) is 33.6 Å². The SMILES string of the molecule is CCCCC(C)(C)c1cc(N)ccc1N. The van der Waals surface area contributed by atoms with Gasteiger partial charge >= 0.3 is 0 Å². The number of unbranched alkanes of at least 4 members (excludes halogenated alkanes) is 1. The van der Waals surface area contributed by atoms with Crippen LogP contribution in [-0.4, -0.2) is 0 Å². The van der Waals surface area contributed by atoms with E-state index in [1.807, 2.05) is 18.2 Å². The van der Waals surface area contributed by atoms with Crippen LogP contribution in [-0.2, 0) is 5.41 Å².